The Bertz CT molecular complexity index is 511. The summed E-state index contributed by atoms with van der Waals surface area (Å²) in [5, 5.41) is 3.51. The van der Waals surface area contributed by atoms with E-state index in [0.717, 1.165) is 63.9 Å². The van der Waals surface area contributed by atoms with Crippen LogP contribution < -0.4 is 16.0 Å². The van der Waals surface area contributed by atoms with Gasteiger partial charge in [0.1, 0.15) is 11.6 Å². The van der Waals surface area contributed by atoms with E-state index >= 15 is 0 Å². The Kier molecular flexibility index (Phi) is 7.27. The molecule has 3 rings (SSSR count). The van der Waals surface area contributed by atoms with Crippen LogP contribution in [-0.4, -0.2) is 68.3 Å². The van der Waals surface area contributed by atoms with Gasteiger partial charge >= 0.3 is 0 Å². The van der Waals surface area contributed by atoms with Gasteiger partial charge in [-0.25, -0.2) is 4.98 Å². The maximum atomic E-state index is 11.4. The molecule has 3 N–H and O–H groups in total. The number of nitrogens with one attached hydrogen (secondary N) is 1. The number of carbonyl (C=O) groups is 1. The Labute approximate surface area is 144 Å². The van der Waals surface area contributed by atoms with E-state index in [4.69, 9.17) is 9.72 Å². The average molecular weight is 335 g/mol. The minimum atomic E-state index is 0.172. The van der Waals surface area contributed by atoms with E-state index in [0.29, 0.717) is 6.04 Å². The highest BCUT2D eigenvalue weighted by atomic mass is 16.5. The van der Waals surface area contributed by atoms with Gasteiger partial charge in [0.15, 0.2) is 0 Å². The molecule has 0 radical (unpaired) electrons. The van der Waals surface area contributed by atoms with Crippen LogP contribution in [0.15, 0.2) is 18.2 Å². The van der Waals surface area contributed by atoms with Crippen molar-refractivity contribution in [2.75, 3.05) is 56.7 Å². The number of pyridine rings is 1. The van der Waals surface area contributed by atoms with Crippen LogP contribution in [0.3, 0.4) is 0 Å². The molecule has 0 bridgehead atoms. The second-order valence-electron chi connectivity index (χ2n) is 5.91. The number of hydrogen-bond donors (Lipinski definition) is 2. The molecule has 0 aromatic carbocycles. The Hall–Kier alpha value is -1.86. The van der Waals surface area contributed by atoms with Crippen LogP contribution >= 0.6 is 0 Å². The lowest BCUT2D eigenvalue weighted by molar-refractivity contribution is -0.129. The first-order valence-corrected chi connectivity index (χ1v) is 8.62. The highest BCUT2D eigenvalue weighted by Crippen LogP contribution is 2.19. The standard InChI is InChI=1S/C16H24N4O2.CH5N/c1-13(21)19-7-5-14(6-8-19)17-15-3-2-4-16(18-15)20-9-11-22-12-10-20;1-2/h2-4,14H,5-12H2,1H3,(H,17,18);2H2,1H3. The third kappa shape index (κ3) is 5.07. The van der Waals surface area contributed by atoms with Gasteiger partial charge < -0.3 is 25.6 Å². The average Bonchev–Trinajstić information content (AvgIpc) is 2.65. The third-order valence-corrected chi connectivity index (χ3v) is 4.36. The Morgan fingerprint density at radius 3 is 2.50 bits per heavy atom. The van der Waals surface area contributed by atoms with Gasteiger partial charge in [-0.05, 0) is 32.0 Å². The topological polar surface area (TPSA) is 83.7 Å². The molecule has 2 fully saturated rings. The Balaban J connectivity index is 0.00000100. The fraction of sp³-hybridized carbons (Fsp3) is 0.647. The molecule has 0 aliphatic carbocycles. The molecular formula is C17H29N5O2. The van der Waals surface area contributed by atoms with Crippen LogP contribution in [0, 0.1) is 0 Å². The van der Waals surface area contributed by atoms with Crippen molar-refractivity contribution in [1.82, 2.24) is 9.88 Å². The first-order valence-electron chi connectivity index (χ1n) is 8.62. The fourth-order valence-electron chi connectivity index (χ4n) is 3.02. The summed E-state index contributed by atoms with van der Waals surface area (Å²) >= 11 is 0. The van der Waals surface area contributed by atoms with Crippen molar-refractivity contribution >= 4 is 17.5 Å². The zero-order chi connectivity index (χ0) is 17.4. The van der Waals surface area contributed by atoms with Gasteiger partial charge in [0, 0.05) is 39.1 Å². The van der Waals surface area contributed by atoms with Crippen LogP contribution in [-0.2, 0) is 9.53 Å². The quantitative estimate of drug-likeness (QED) is 0.854. The highest BCUT2D eigenvalue weighted by molar-refractivity contribution is 5.73. The number of rotatable bonds is 3. The molecule has 7 nitrogen and oxygen atoms in total. The second kappa shape index (κ2) is 9.44. The summed E-state index contributed by atoms with van der Waals surface area (Å²) in [5.41, 5.74) is 4.50. The van der Waals surface area contributed by atoms with Crippen molar-refractivity contribution in [3.8, 4) is 0 Å². The summed E-state index contributed by atoms with van der Waals surface area (Å²) in [6.07, 6.45) is 1.95. The summed E-state index contributed by atoms with van der Waals surface area (Å²) in [7, 11) is 1.50. The fourth-order valence-corrected chi connectivity index (χ4v) is 3.02. The van der Waals surface area contributed by atoms with Crippen molar-refractivity contribution in [3.05, 3.63) is 18.2 Å². The predicted molar refractivity (Wildman–Crippen MR) is 96.3 cm³/mol. The smallest absolute Gasteiger partial charge is 0.219 e. The molecule has 2 saturated heterocycles. The molecule has 3 heterocycles. The molecule has 2 aliphatic heterocycles. The van der Waals surface area contributed by atoms with Crippen LogP contribution in [0.4, 0.5) is 11.6 Å². The molecule has 2 aliphatic rings. The first-order chi connectivity index (χ1) is 11.7. The lowest BCUT2D eigenvalue weighted by Crippen LogP contribution is -2.41. The van der Waals surface area contributed by atoms with Crippen LogP contribution in [0.1, 0.15) is 19.8 Å². The molecule has 0 spiro atoms. The van der Waals surface area contributed by atoms with Gasteiger partial charge in [-0.1, -0.05) is 6.07 Å². The van der Waals surface area contributed by atoms with E-state index in [1.807, 2.05) is 17.0 Å². The minimum absolute atomic E-state index is 0.172. The van der Waals surface area contributed by atoms with Crippen molar-refractivity contribution in [3.63, 3.8) is 0 Å². The number of ether oxygens (including phenoxy) is 1. The van der Waals surface area contributed by atoms with Crippen molar-refractivity contribution in [2.45, 2.75) is 25.8 Å². The molecular weight excluding hydrogens is 306 g/mol. The number of hydrogen-bond acceptors (Lipinski definition) is 6. The van der Waals surface area contributed by atoms with Gasteiger partial charge in [-0.3, -0.25) is 4.79 Å². The minimum Gasteiger partial charge on any atom is -0.378 e. The number of amides is 1. The van der Waals surface area contributed by atoms with Gasteiger partial charge in [-0.15, -0.1) is 0 Å². The third-order valence-electron chi connectivity index (χ3n) is 4.36. The van der Waals surface area contributed by atoms with Crippen molar-refractivity contribution < 1.29 is 9.53 Å². The molecule has 1 aromatic heterocycles. The monoisotopic (exact) mass is 335 g/mol. The molecule has 0 atom stereocenters. The van der Waals surface area contributed by atoms with E-state index in [2.05, 4.69) is 22.0 Å². The second-order valence-corrected chi connectivity index (χ2v) is 5.91. The number of aromatic nitrogens is 1. The van der Waals surface area contributed by atoms with E-state index in [1.54, 1.807) is 6.92 Å². The summed E-state index contributed by atoms with van der Waals surface area (Å²) in [5.74, 6) is 2.10. The van der Waals surface area contributed by atoms with Crippen LogP contribution in [0.2, 0.25) is 0 Å². The Morgan fingerprint density at radius 1 is 1.21 bits per heavy atom. The van der Waals surface area contributed by atoms with Gasteiger partial charge in [0.05, 0.1) is 13.2 Å². The lowest BCUT2D eigenvalue weighted by Gasteiger charge is -2.32. The van der Waals surface area contributed by atoms with E-state index < -0.39 is 0 Å². The number of piperidine rings is 1. The van der Waals surface area contributed by atoms with Crippen LogP contribution in [0.25, 0.3) is 0 Å². The highest BCUT2D eigenvalue weighted by Gasteiger charge is 2.21. The number of anilines is 2. The largest absolute Gasteiger partial charge is 0.378 e. The number of nitrogens with zero attached hydrogens (tertiary/aromatic N) is 3. The molecule has 0 unspecified atom stereocenters. The van der Waals surface area contributed by atoms with Crippen LogP contribution in [0.5, 0.6) is 0 Å². The number of likely N-dealkylation sites (tertiary alicyclic amines) is 1. The molecule has 0 saturated carbocycles. The predicted octanol–water partition coefficient (Wildman–Crippen LogP) is 0.916. The number of morpholine rings is 1. The molecule has 1 amide bonds. The summed E-state index contributed by atoms with van der Waals surface area (Å²) in [6.45, 7) is 6.63. The zero-order valence-electron chi connectivity index (χ0n) is 14.7. The number of nitrogens with two attached hydrogens (primary N) is 1. The van der Waals surface area contributed by atoms with E-state index in [-0.39, 0.29) is 5.91 Å². The zero-order valence-corrected chi connectivity index (χ0v) is 14.7. The summed E-state index contributed by atoms with van der Waals surface area (Å²) in [6, 6.07) is 6.50. The Morgan fingerprint density at radius 2 is 1.88 bits per heavy atom. The van der Waals surface area contributed by atoms with E-state index in [1.165, 1.54) is 7.05 Å². The molecule has 134 valence electrons. The maximum absolute atomic E-state index is 11.4. The lowest BCUT2D eigenvalue weighted by atomic mass is 10.1. The van der Waals surface area contributed by atoms with Gasteiger partial charge in [0.25, 0.3) is 0 Å². The SMILES string of the molecule is CC(=O)N1CCC(Nc2cccc(N3CCOCC3)n2)CC1.CN. The van der Waals surface area contributed by atoms with Crippen molar-refractivity contribution in [1.29, 1.82) is 0 Å². The van der Waals surface area contributed by atoms with Gasteiger partial charge in [-0.2, -0.15) is 0 Å². The molecule has 24 heavy (non-hydrogen) atoms. The molecule has 1 aromatic rings. The first kappa shape index (κ1) is 18.5. The van der Waals surface area contributed by atoms with Crippen molar-refractivity contribution in [2.24, 2.45) is 5.73 Å². The number of carbonyl (C=O) groups excluding carboxylic acids is 1. The van der Waals surface area contributed by atoms with Gasteiger partial charge in [0.2, 0.25) is 5.91 Å². The maximum Gasteiger partial charge on any atom is 0.219 e. The summed E-state index contributed by atoms with van der Waals surface area (Å²) < 4.78 is 5.39. The van der Waals surface area contributed by atoms with E-state index in [9.17, 15) is 4.79 Å². The normalized spacial score (nSPS) is 18.6. The summed E-state index contributed by atoms with van der Waals surface area (Å²) in [4.78, 5) is 20.3. The molecule has 7 heteroatoms.